The largest absolute Gasteiger partial charge is 0.463 e. The number of hydrogen-bond acceptors (Lipinski definition) is 11. The first-order valence-corrected chi connectivity index (χ1v) is 21.4. The van der Waals surface area contributed by atoms with Gasteiger partial charge in [-0.25, -0.2) is 18.9 Å². The zero-order valence-electron chi connectivity index (χ0n) is 34.6. The minimum Gasteiger partial charge on any atom is -0.463 e. The van der Waals surface area contributed by atoms with Gasteiger partial charge < -0.3 is 18.7 Å². The number of nitrogens with one attached hydrogen (secondary N) is 2. The Morgan fingerprint density at radius 1 is 0.705 bits per heavy atom. The van der Waals surface area contributed by atoms with E-state index in [1.165, 1.54) is 33.1 Å². The summed E-state index contributed by atoms with van der Waals surface area (Å²) in [5.41, 5.74) is 0.0108. The van der Waals surface area contributed by atoms with Gasteiger partial charge in [-0.05, 0) is 44.6 Å². The fraction of sp³-hybridized carbons (Fsp3) is 0.372. The Morgan fingerprint density at radius 3 is 1.59 bits per heavy atom. The zero-order valence-corrected chi connectivity index (χ0v) is 35.5. The van der Waals surface area contributed by atoms with E-state index >= 15 is 4.57 Å². The Morgan fingerprint density at radius 2 is 1.15 bits per heavy atom. The molecule has 0 amide bonds. The van der Waals surface area contributed by atoms with Crippen LogP contribution in [0.25, 0.3) is 0 Å². The van der Waals surface area contributed by atoms with Crippen molar-refractivity contribution < 1.29 is 28.1 Å². The Bertz CT molecular complexity index is 2520. The number of carbonyl (C=O) groups excluding carboxylic acids is 1. The highest BCUT2D eigenvalue weighted by molar-refractivity contribution is 7.53. The molecule has 2 saturated heterocycles. The number of carbonyl (C=O) groups is 1. The van der Waals surface area contributed by atoms with Crippen molar-refractivity contribution in [3.63, 3.8) is 0 Å². The molecule has 17 nitrogen and oxygen atoms in total. The summed E-state index contributed by atoms with van der Waals surface area (Å²) >= 11 is 0. The second-order valence-corrected chi connectivity index (χ2v) is 18.0. The summed E-state index contributed by atoms with van der Waals surface area (Å²) in [4.78, 5) is 70.2. The molecule has 2 fully saturated rings. The first kappa shape index (κ1) is 43.6. The van der Waals surface area contributed by atoms with Crippen molar-refractivity contribution in [1.29, 1.82) is 0 Å². The lowest BCUT2D eigenvalue weighted by Crippen LogP contribution is -2.58. The molecule has 0 spiro atoms. The number of ether oxygens (including phenoxy) is 3. The number of esters is 1. The third-order valence-corrected chi connectivity index (χ3v) is 13.5. The summed E-state index contributed by atoms with van der Waals surface area (Å²) in [7, 11) is -0.809. The minimum absolute atomic E-state index is 0.0121. The molecule has 2 aromatic heterocycles. The van der Waals surface area contributed by atoms with Gasteiger partial charge in [0.1, 0.15) is 12.7 Å². The molecule has 1 unspecified atom stereocenters. The van der Waals surface area contributed by atoms with Crippen molar-refractivity contribution in [2.75, 3.05) is 53.5 Å². The van der Waals surface area contributed by atoms with Gasteiger partial charge in [0.15, 0.2) is 12.5 Å². The van der Waals surface area contributed by atoms with Gasteiger partial charge in [-0.2, -0.15) is 0 Å². The average molecular weight is 856 g/mol. The molecule has 7 rings (SSSR count). The van der Waals surface area contributed by atoms with E-state index in [1.807, 2.05) is 54.6 Å². The van der Waals surface area contributed by atoms with E-state index in [1.54, 1.807) is 32.6 Å². The Hall–Kier alpha value is -5.52. The lowest BCUT2D eigenvalue weighted by Gasteiger charge is -2.51. The first-order valence-electron chi connectivity index (χ1n) is 19.9. The van der Waals surface area contributed by atoms with Crippen molar-refractivity contribution in [3.05, 3.63) is 173 Å². The number of aromatic nitrogens is 4. The molecule has 61 heavy (non-hydrogen) atoms. The molecule has 5 aromatic rings. The SMILES string of the molecule is CC(=O)OC[C@@H]1CN(P(=O)(OC[C@@H]2CN(C(c3ccccc3)(c3ccccc3)c3ccccc3)C[C@H](n3cc(C)c(=O)[nH]c3=O)O2)N(C)C)C[C@H](n2cc(C)c(=O)[nH]c2=O)O1. The molecule has 3 aromatic carbocycles. The van der Waals surface area contributed by atoms with Crippen LogP contribution in [0.3, 0.4) is 0 Å². The van der Waals surface area contributed by atoms with E-state index in [0.717, 1.165) is 16.7 Å². The predicted octanol–water partition coefficient (Wildman–Crippen LogP) is 3.34. The molecule has 0 radical (unpaired) electrons. The normalized spacial score (nSPS) is 21.2. The number of aromatic amines is 2. The second-order valence-electron chi connectivity index (χ2n) is 15.4. The van der Waals surface area contributed by atoms with E-state index in [0.29, 0.717) is 5.56 Å². The molecule has 2 N–H and O–H groups in total. The molecule has 4 heterocycles. The van der Waals surface area contributed by atoms with Crippen molar-refractivity contribution in [1.82, 2.24) is 33.3 Å². The number of hydrogen-bond donors (Lipinski definition) is 2. The number of morpholine rings is 2. The number of nitrogens with zero attached hydrogens (tertiary/aromatic N) is 5. The number of aryl methyl sites for hydroxylation is 2. The van der Waals surface area contributed by atoms with E-state index in [2.05, 4.69) is 51.3 Å². The van der Waals surface area contributed by atoms with Crippen molar-refractivity contribution in [2.24, 2.45) is 0 Å². The number of H-pyrrole nitrogens is 2. The highest BCUT2D eigenvalue weighted by Gasteiger charge is 2.48. The molecule has 2 aliphatic rings. The maximum Gasteiger partial charge on any atom is 0.345 e. The molecular weight excluding hydrogens is 805 g/mol. The smallest absolute Gasteiger partial charge is 0.345 e. The maximum absolute atomic E-state index is 15.4. The third-order valence-electron chi connectivity index (χ3n) is 11.0. The standard InChI is InChI=1S/C43H50N7O10P/c1-29-21-49(41(54)44-39(29)52)37-25-47(43(32-15-9-6-10-16-32,33-17-11-7-12-18-33)34-19-13-8-14-20-34)23-35(59-37)28-58-61(56,46(4)5)48-24-36(27-57-31(3)51)60-38(26-48)50-22-30(2)40(53)45-42(50)55/h6-22,35-38H,23-28H2,1-5H3,(H,44,52,54)(H,45,53,55)/t35-,36-,37+,38+,61?/m0/s1. The second kappa shape index (κ2) is 18.2. The van der Waals surface area contributed by atoms with Crippen molar-refractivity contribution in [2.45, 2.75) is 51.0 Å². The van der Waals surface area contributed by atoms with Gasteiger partial charge in [-0.1, -0.05) is 91.0 Å². The van der Waals surface area contributed by atoms with Crippen LogP contribution in [0, 0.1) is 13.8 Å². The zero-order chi connectivity index (χ0) is 43.5. The average Bonchev–Trinajstić information content (AvgIpc) is 3.26. The lowest BCUT2D eigenvalue weighted by molar-refractivity contribution is -0.159. The van der Waals surface area contributed by atoms with Crippen LogP contribution in [0.4, 0.5) is 0 Å². The topological polar surface area (TPSA) is 190 Å². The maximum atomic E-state index is 15.4. The van der Waals surface area contributed by atoms with Crippen LogP contribution in [-0.2, 0) is 33.6 Å². The summed E-state index contributed by atoms with van der Waals surface area (Å²) in [5, 5.41) is 0. The van der Waals surface area contributed by atoms with Gasteiger partial charge in [0.25, 0.3) is 11.1 Å². The Labute approximate surface area is 351 Å². The van der Waals surface area contributed by atoms with Crippen LogP contribution in [0.15, 0.2) is 123 Å². The fourth-order valence-electron chi connectivity index (χ4n) is 8.11. The van der Waals surface area contributed by atoms with Gasteiger partial charge in [-0.15, -0.1) is 0 Å². The van der Waals surface area contributed by atoms with Gasteiger partial charge in [0.05, 0.1) is 24.8 Å². The molecule has 0 aliphatic carbocycles. The number of benzene rings is 3. The van der Waals surface area contributed by atoms with Crippen LogP contribution in [-0.4, -0.2) is 105 Å². The lowest BCUT2D eigenvalue weighted by atomic mass is 9.75. The van der Waals surface area contributed by atoms with Crippen molar-refractivity contribution >= 4 is 13.6 Å². The molecule has 18 heteroatoms. The Balaban J connectivity index is 1.30. The quantitative estimate of drug-likeness (QED) is 0.0998. The van der Waals surface area contributed by atoms with Crippen molar-refractivity contribution in [3.8, 4) is 0 Å². The summed E-state index contributed by atoms with van der Waals surface area (Å²) in [6, 6.07) is 30.1. The summed E-state index contributed by atoms with van der Waals surface area (Å²) in [5.74, 6) is -0.552. The molecule has 0 saturated carbocycles. The highest BCUT2D eigenvalue weighted by Crippen LogP contribution is 2.55. The van der Waals surface area contributed by atoms with Crippen LogP contribution < -0.4 is 22.5 Å². The van der Waals surface area contributed by atoms with E-state index < -0.39 is 66.3 Å². The van der Waals surface area contributed by atoms with E-state index in [9.17, 15) is 24.0 Å². The molecule has 0 bridgehead atoms. The Kier molecular flexibility index (Phi) is 13.0. The highest BCUT2D eigenvalue weighted by atomic mass is 31.2. The predicted molar refractivity (Wildman–Crippen MR) is 226 cm³/mol. The third kappa shape index (κ3) is 8.95. The van der Waals surface area contributed by atoms with Gasteiger partial charge in [0.2, 0.25) is 0 Å². The van der Waals surface area contributed by atoms with E-state index in [-0.39, 0.29) is 45.0 Å². The minimum atomic E-state index is -4.02. The van der Waals surface area contributed by atoms with E-state index in [4.69, 9.17) is 18.7 Å². The van der Waals surface area contributed by atoms with Crippen LogP contribution >= 0.6 is 7.67 Å². The van der Waals surface area contributed by atoms with Gasteiger partial charge >= 0.3 is 25.0 Å². The monoisotopic (exact) mass is 855 g/mol. The molecule has 2 aliphatic heterocycles. The first-order chi connectivity index (χ1) is 29.2. The van der Waals surface area contributed by atoms with Gasteiger partial charge in [0, 0.05) is 50.1 Å². The molecular formula is C43H50N7O10P. The summed E-state index contributed by atoms with van der Waals surface area (Å²) < 4.78 is 45.7. The summed E-state index contributed by atoms with van der Waals surface area (Å²) in [6.07, 6.45) is -0.828. The van der Waals surface area contributed by atoms with Crippen LogP contribution in [0.2, 0.25) is 0 Å². The number of rotatable bonds is 13. The molecule has 322 valence electrons. The van der Waals surface area contributed by atoms with Crippen LogP contribution in [0.5, 0.6) is 0 Å². The van der Waals surface area contributed by atoms with Crippen LogP contribution in [0.1, 0.15) is 47.2 Å². The molecule has 5 atom stereocenters. The fourth-order valence-corrected chi connectivity index (χ4v) is 10.1. The van der Waals surface area contributed by atoms with Gasteiger partial charge in [-0.3, -0.25) is 43.0 Å². The summed E-state index contributed by atoms with van der Waals surface area (Å²) in [6.45, 7) is 4.26.